The summed E-state index contributed by atoms with van der Waals surface area (Å²) < 4.78 is 0. The Kier molecular flexibility index (Phi) is 3.95. The summed E-state index contributed by atoms with van der Waals surface area (Å²) in [5.74, 6) is 0.615. The van der Waals surface area contributed by atoms with E-state index >= 15 is 0 Å². The third-order valence-corrected chi connectivity index (χ3v) is 4.43. The molecule has 2 N–H and O–H groups in total. The average molecular weight is 287 g/mol. The monoisotopic (exact) mass is 286 g/mol. The van der Waals surface area contributed by atoms with Gasteiger partial charge in [0.1, 0.15) is 0 Å². The molecule has 0 aliphatic carbocycles. The summed E-state index contributed by atoms with van der Waals surface area (Å²) >= 11 is 6.25. The molecule has 1 fully saturated rings. The molecule has 1 heterocycles. The van der Waals surface area contributed by atoms with Gasteiger partial charge in [-0.1, -0.05) is 48.0 Å². The maximum atomic E-state index is 6.25. The van der Waals surface area contributed by atoms with Gasteiger partial charge in [-0.2, -0.15) is 0 Å². The van der Waals surface area contributed by atoms with Gasteiger partial charge in [-0.05, 0) is 29.7 Å². The van der Waals surface area contributed by atoms with E-state index in [-0.39, 0.29) is 0 Å². The van der Waals surface area contributed by atoms with Crippen molar-refractivity contribution in [2.75, 3.05) is 18.0 Å². The van der Waals surface area contributed by atoms with Crippen LogP contribution in [0.25, 0.3) is 0 Å². The van der Waals surface area contributed by atoms with Gasteiger partial charge in [-0.25, -0.2) is 0 Å². The van der Waals surface area contributed by atoms with Gasteiger partial charge in [0.15, 0.2) is 0 Å². The lowest BCUT2D eigenvalue weighted by atomic mass is 9.99. The Hall–Kier alpha value is -1.51. The Morgan fingerprint density at radius 3 is 2.65 bits per heavy atom. The van der Waals surface area contributed by atoms with Crippen LogP contribution in [0.1, 0.15) is 23.5 Å². The molecule has 0 saturated carbocycles. The molecule has 0 spiro atoms. The van der Waals surface area contributed by atoms with E-state index in [1.807, 2.05) is 12.1 Å². The third-order valence-electron chi connectivity index (χ3n) is 4.08. The Morgan fingerprint density at radius 2 is 1.95 bits per heavy atom. The Bertz CT molecular complexity index is 583. The van der Waals surface area contributed by atoms with Crippen molar-refractivity contribution < 1.29 is 0 Å². The van der Waals surface area contributed by atoms with Crippen molar-refractivity contribution in [3.63, 3.8) is 0 Å². The number of halogens is 1. The van der Waals surface area contributed by atoms with E-state index in [0.29, 0.717) is 12.5 Å². The molecule has 0 radical (unpaired) electrons. The first-order chi connectivity index (χ1) is 9.78. The number of anilines is 1. The van der Waals surface area contributed by atoms with Crippen molar-refractivity contribution in [1.29, 1.82) is 0 Å². The van der Waals surface area contributed by atoms with E-state index in [4.69, 9.17) is 17.3 Å². The highest BCUT2D eigenvalue weighted by atomic mass is 35.5. The smallest absolute Gasteiger partial charge is 0.0471 e. The first-order valence-electron chi connectivity index (χ1n) is 7.06. The standard InChI is InChI=1S/C17H19ClN2/c18-17-10-16(7-6-14(17)11-19)20-9-8-15(12-20)13-4-2-1-3-5-13/h1-7,10,15H,8-9,11-12,19H2. The van der Waals surface area contributed by atoms with Crippen molar-refractivity contribution in [3.05, 3.63) is 64.7 Å². The molecule has 3 rings (SSSR count). The van der Waals surface area contributed by atoms with E-state index in [0.717, 1.165) is 23.7 Å². The number of hydrogen-bond donors (Lipinski definition) is 1. The van der Waals surface area contributed by atoms with Crippen molar-refractivity contribution >= 4 is 17.3 Å². The maximum Gasteiger partial charge on any atom is 0.0471 e. The number of rotatable bonds is 3. The van der Waals surface area contributed by atoms with Crippen LogP contribution < -0.4 is 10.6 Å². The van der Waals surface area contributed by atoms with E-state index in [9.17, 15) is 0 Å². The zero-order valence-corrected chi connectivity index (χ0v) is 12.2. The summed E-state index contributed by atoms with van der Waals surface area (Å²) in [5, 5.41) is 0.771. The highest BCUT2D eigenvalue weighted by molar-refractivity contribution is 6.31. The van der Waals surface area contributed by atoms with Crippen molar-refractivity contribution in [2.24, 2.45) is 5.73 Å². The molecule has 1 aliphatic rings. The first-order valence-corrected chi connectivity index (χ1v) is 7.44. The van der Waals surface area contributed by atoms with Gasteiger partial charge in [0, 0.05) is 36.3 Å². The summed E-state index contributed by atoms with van der Waals surface area (Å²) in [7, 11) is 0. The van der Waals surface area contributed by atoms with E-state index in [1.54, 1.807) is 0 Å². The molecule has 1 unspecified atom stereocenters. The van der Waals surface area contributed by atoms with Crippen LogP contribution in [0.5, 0.6) is 0 Å². The number of hydrogen-bond acceptors (Lipinski definition) is 2. The second-order valence-electron chi connectivity index (χ2n) is 5.32. The van der Waals surface area contributed by atoms with Gasteiger partial charge in [-0.3, -0.25) is 0 Å². The molecule has 20 heavy (non-hydrogen) atoms. The largest absolute Gasteiger partial charge is 0.371 e. The Balaban J connectivity index is 1.76. The van der Waals surface area contributed by atoms with Crippen molar-refractivity contribution in [1.82, 2.24) is 0 Å². The van der Waals surface area contributed by atoms with Gasteiger partial charge in [-0.15, -0.1) is 0 Å². The van der Waals surface area contributed by atoms with Crippen LogP contribution in [0, 0.1) is 0 Å². The van der Waals surface area contributed by atoms with Gasteiger partial charge in [0.25, 0.3) is 0 Å². The molecule has 1 atom stereocenters. The normalized spacial score (nSPS) is 18.5. The fourth-order valence-corrected chi connectivity index (χ4v) is 3.14. The number of nitrogens with two attached hydrogens (primary N) is 1. The molecule has 0 amide bonds. The molecule has 2 aromatic carbocycles. The zero-order valence-electron chi connectivity index (χ0n) is 11.4. The van der Waals surface area contributed by atoms with Gasteiger partial charge < -0.3 is 10.6 Å². The summed E-state index contributed by atoms with van der Waals surface area (Å²) in [6.45, 7) is 2.63. The highest BCUT2D eigenvalue weighted by Gasteiger charge is 2.24. The lowest BCUT2D eigenvalue weighted by molar-refractivity contribution is 0.775. The molecular formula is C17H19ClN2. The minimum absolute atomic E-state index is 0.492. The van der Waals surface area contributed by atoms with Crippen LogP contribution >= 0.6 is 11.6 Å². The molecule has 2 nitrogen and oxygen atoms in total. The topological polar surface area (TPSA) is 29.3 Å². The Morgan fingerprint density at radius 1 is 1.15 bits per heavy atom. The van der Waals surface area contributed by atoms with Gasteiger partial charge >= 0.3 is 0 Å². The number of benzene rings is 2. The van der Waals surface area contributed by atoms with E-state index in [2.05, 4.69) is 41.3 Å². The van der Waals surface area contributed by atoms with Crippen LogP contribution in [-0.2, 0) is 6.54 Å². The molecule has 1 saturated heterocycles. The molecule has 104 valence electrons. The molecule has 3 heteroatoms. The highest BCUT2D eigenvalue weighted by Crippen LogP contribution is 2.32. The van der Waals surface area contributed by atoms with E-state index in [1.165, 1.54) is 17.7 Å². The predicted octanol–water partition coefficient (Wildman–Crippen LogP) is 3.79. The number of nitrogens with zero attached hydrogens (tertiary/aromatic N) is 1. The SMILES string of the molecule is NCc1ccc(N2CCC(c3ccccc3)C2)cc1Cl. The van der Waals surface area contributed by atoms with Gasteiger partial charge in [0.2, 0.25) is 0 Å². The minimum Gasteiger partial charge on any atom is -0.371 e. The average Bonchev–Trinajstić information content (AvgIpc) is 2.98. The van der Waals surface area contributed by atoms with Crippen LogP contribution in [0.3, 0.4) is 0 Å². The van der Waals surface area contributed by atoms with Crippen LogP contribution in [0.4, 0.5) is 5.69 Å². The summed E-state index contributed by atoms with van der Waals surface area (Å²) in [5.41, 5.74) is 9.29. The maximum absolute atomic E-state index is 6.25. The summed E-state index contributed by atoms with van der Waals surface area (Å²) in [6, 6.07) is 16.9. The molecular weight excluding hydrogens is 268 g/mol. The minimum atomic E-state index is 0.492. The molecule has 0 aromatic heterocycles. The third kappa shape index (κ3) is 2.67. The lowest BCUT2D eigenvalue weighted by Crippen LogP contribution is -2.19. The van der Waals surface area contributed by atoms with Crippen molar-refractivity contribution in [3.8, 4) is 0 Å². The first kappa shape index (κ1) is 13.5. The second-order valence-corrected chi connectivity index (χ2v) is 5.73. The lowest BCUT2D eigenvalue weighted by Gasteiger charge is -2.20. The van der Waals surface area contributed by atoms with Gasteiger partial charge in [0.05, 0.1) is 0 Å². The fourth-order valence-electron chi connectivity index (χ4n) is 2.89. The van der Waals surface area contributed by atoms with Crippen LogP contribution in [-0.4, -0.2) is 13.1 Å². The fraction of sp³-hybridized carbons (Fsp3) is 0.294. The predicted molar refractivity (Wildman–Crippen MR) is 85.4 cm³/mol. The quantitative estimate of drug-likeness (QED) is 0.930. The Labute approximate surface area is 125 Å². The second kappa shape index (κ2) is 5.86. The zero-order chi connectivity index (χ0) is 13.9. The van der Waals surface area contributed by atoms with Crippen LogP contribution in [0.15, 0.2) is 48.5 Å². The molecule has 0 bridgehead atoms. The summed E-state index contributed by atoms with van der Waals surface area (Å²) in [6.07, 6.45) is 1.19. The summed E-state index contributed by atoms with van der Waals surface area (Å²) in [4.78, 5) is 2.41. The van der Waals surface area contributed by atoms with Crippen molar-refractivity contribution in [2.45, 2.75) is 18.9 Å². The molecule has 2 aromatic rings. The molecule has 1 aliphatic heterocycles. The van der Waals surface area contributed by atoms with E-state index < -0.39 is 0 Å². The van der Waals surface area contributed by atoms with Crippen LogP contribution in [0.2, 0.25) is 5.02 Å².